The zero-order valence-corrected chi connectivity index (χ0v) is 36.8. The molecule has 0 aromatic heterocycles. The van der Waals surface area contributed by atoms with E-state index in [4.69, 9.17) is 0 Å². The van der Waals surface area contributed by atoms with Crippen LogP contribution in [0, 0.1) is 0 Å². The fraction of sp³-hybridized carbons (Fsp3) is 0.375. The summed E-state index contributed by atoms with van der Waals surface area (Å²) in [6.07, 6.45) is 9.79. The molecule has 0 nitrogen and oxygen atoms in total. The molecule has 2 unspecified atom stereocenters. The molecule has 0 heterocycles. The summed E-state index contributed by atoms with van der Waals surface area (Å²) in [6, 6.07) is 40.9. The molecule has 2 radical (unpaired) electrons. The number of aryl methyl sites for hydroxylation is 2. The largest absolute Gasteiger partial charge is 0.164 e. The number of fused-ring (bicyclic) bond motifs is 2. The standard InChI is InChI=1S/2C23H27.C2H6Si.Hf/c2*1-4-6-10-18-15-19-11-9-14-22(23(19)16-18)21-13-8-7-12-20(21)17(3)5-2;1-3-2;/h2*7-9,11-17H,4-6,10H2,1-3H3;1-2H3;/q2*-1;;. The van der Waals surface area contributed by atoms with E-state index in [1.165, 1.54) is 117 Å². The minimum absolute atomic E-state index is 0. The van der Waals surface area contributed by atoms with Gasteiger partial charge in [0.25, 0.3) is 0 Å². The molecule has 0 spiro atoms. The normalized spacial score (nSPS) is 12.0. The molecule has 6 aromatic rings. The van der Waals surface area contributed by atoms with Crippen molar-refractivity contribution in [2.45, 2.75) is 118 Å². The molecule has 0 amide bonds. The summed E-state index contributed by atoms with van der Waals surface area (Å²) in [4.78, 5) is 0. The van der Waals surface area contributed by atoms with Crippen LogP contribution in [0.25, 0.3) is 43.8 Å². The van der Waals surface area contributed by atoms with E-state index in [1.54, 1.807) is 0 Å². The van der Waals surface area contributed by atoms with Crippen molar-refractivity contribution in [3.05, 3.63) is 131 Å². The Morgan fingerprint density at radius 3 is 1.24 bits per heavy atom. The summed E-state index contributed by atoms with van der Waals surface area (Å²) in [5.41, 5.74) is 11.5. The maximum Gasteiger partial charge on any atom is 0.0307 e. The molecular weight excluding hydrogens is 783 g/mol. The number of hydrogen-bond acceptors (Lipinski definition) is 0. The van der Waals surface area contributed by atoms with E-state index in [0.29, 0.717) is 11.8 Å². The SMILES string of the molecule is CCCCc1cc2c(-c3ccccc3C(C)CC)cccc2[cH-]1.CCCCc1cc2c(-c3ccccc3C(C)CC)cccc2[cH-]1.C[Si]C.[Hf]. The van der Waals surface area contributed by atoms with Gasteiger partial charge in [-0.1, -0.05) is 152 Å². The average molecular weight is 844 g/mol. The van der Waals surface area contributed by atoms with Crippen molar-refractivity contribution < 1.29 is 25.8 Å². The van der Waals surface area contributed by atoms with E-state index in [1.807, 2.05) is 0 Å². The van der Waals surface area contributed by atoms with Gasteiger partial charge in [-0.05, 0) is 59.8 Å². The van der Waals surface area contributed by atoms with Gasteiger partial charge in [0.1, 0.15) is 0 Å². The number of unbranched alkanes of at least 4 members (excludes halogenated alkanes) is 2. The molecule has 0 bridgehead atoms. The molecule has 50 heavy (non-hydrogen) atoms. The fourth-order valence-corrected chi connectivity index (χ4v) is 6.90. The first kappa shape index (κ1) is 41.6. The minimum Gasteiger partial charge on any atom is -0.164 e. The number of rotatable bonds is 12. The molecule has 0 aliphatic carbocycles. The summed E-state index contributed by atoms with van der Waals surface area (Å²) in [6.45, 7) is 18.0. The van der Waals surface area contributed by atoms with Gasteiger partial charge in [-0.15, -0.1) is 69.1 Å². The Morgan fingerprint density at radius 2 is 0.880 bits per heavy atom. The van der Waals surface area contributed by atoms with Crippen molar-refractivity contribution in [3.63, 3.8) is 0 Å². The monoisotopic (exact) mass is 844 g/mol. The quantitative estimate of drug-likeness (QED) is 0.0850. The van der Waals surface area contributed by atoms with Crippen LogP contribution in [0.1, 0.15) is 114 Å². The van der Waals surface area contributed by atoms with E-state index in [0.717, 1.165) is 9.52 Å². The Labute approximate surface area is 326 Å². The van der Waals surface area contributed by atoms with Crippen molar-refractivity contribution in [2.75, 3.05) is 0 Å². The molecule has 2 atom stereocenters. The summed E-state index contributed by atoms with van der Waals surface area (Å²) in [5.74, 6) is 1.19. The van der Waals surface area contributed by atoms with Crippen LogP contribution in [0.15, 0.2) is 109 Å². The van der Waals surface area contributed by atoms with Crippen molar-refractivity contribution in [1.29, 1.82) is 0 Å². The van der Waals surface area contributed by atoms with Gasteiger partial charge in [-0.25, -0.2) is 0 Å². The van der Waals surface area contributed by atoms with Crippen LogP contribution < -0.4 is 0 Å². The van der Waals surface area contributed by atoms with E-state index in [2.05, 4.69) is 164 Å². The molecule has 6 rings (SSSR count). The molecule has 262 valence electrons. The Kier molecular flexibility index (Phi) is 17.9. The van der Waals surface area contributed by atoms with Crippen LogP contribution in [-0.4, -0.2) is 9.52 Å². The van der Waals surface area contributed by atoms with E-state index >= 15 is 0 Å². The van der Waals surface area contributed by atoms with Gasteiger partial charge in [0, 0.05) is 35.4 Å². The van der Waals surface area contributed by atoms with Crippen molar-refractivity contribution in [1.82, 2.24) is 0 Å². The van der Waals surface area contributed by atoms with Crippen molar-refractivity contribution in [3.8, 4) is 22.3 Å². The molecule has 0 aliphatic rings. The van der Waals surface area contributed by atoms with Crippen LogP contribution in [0.5, 0.6) is 0 Å². The predicted octanol–water partition coefficient (Wildman–Crippen LogP) is 14.9. The van der Waals surface area contributed by atoms with Gasteiger partial charge in [-0.3, -0.25) is 0 Å². The van der Waals surface area contributed by atoms with Gasteiger partial charge in [-0.2, -0.15) is 12.1 Å². The smallest absolute Gasteiger partial charge is 0.0307 e. The van der Waals surface area contributed by atoms with Crippen LogP contribution in [0.2, 0.25) is 13.1 Å². The van der Waals surface area contributed by atoms with Gasteiger partial charge in [0.2, 0.25) is 0 Å². The number of benzene rings is 4. The maximum absolute atomic E-state index is 2.41. The van der Waals surface area contributed by atoms with Gasteiger partial charge in [0.15, 0.2) is 0 Å². The Balaban J connectivity index is 0.000000246. The topological polar surface area (TPSA) is 0 Å². The summed E-state index contributed by atoms with van der Waals surface area (Å²) < 4.78 is 0. The third-order valence-electron chi connectivity index (χ3n) is 10.0. The summed E-state index contributed by atoms with van der Waals surface area (Å²) in [5, 5.41) is 5.59. The van der Waals surface area contributed by atoms with Crippen molar-refractivity contribution >= 4 is 31.1 Å². The van der Waals surface area contributed by atoms with Crippen LogP contribution in [0.4, 0.5) is 0 Å². The Hall–Kier alpha value is -2.81. The zero-order chi connectivity index (χ0) is 35.2. The maximum atomic E-state index is 2.41. The second-order valence-electron chi connectivity index (χ2n) is 13.8. The van der Waals surface area contributed by atoms with Gasteiger partial charge in [0.05, 0.1) is 0 Å². The van der Waals surface area contributed by atoms with Crippen LogP contribution >= 0.6 is 0 Å². The van der Waals surface area contributed by atoms with E-state index in [9.17, 15) is 0 Å². The molecule has 0 saturated carbocycles. The molecule has 2 heteroatoms. The van der Waals surface area contributed by atoms with E-state index < -0.39 is 0 Å². The minimum atomic E-state index is 0. The predicted molar refractivity (Wildman–Crippen MR) is 222 cm³/mol. The molecule has 6 aromatic carbocycles. The third kappa shape index (κ3) is 10.6. The Morgan fingerprint density at radius 1 is 0.520 bits per heavy atom. The second kappa shape index (κ2) is 21.5. The van der Waals surface area contributed by atoms with E-state index in [-0.39, 0.29) is 25.8 Å². The van der Waals surface area contributed by atoms with Crippen LogP contribution in [-0.2, 0) is 38.7 Å². The average Bonchev–Trinajstić information content (AvgIpc) is 3.77. The first-order chi connectivity index (χ1) is 23.9. The van der Waals surface area contributed by atoms with Gasteiger partial charge >= 0.3 is 0 Å². The molecule has 0 fully saturated rings. The van der Waals surface area contributed by atoms with Gasteiger partial charge < -0.3 is 0 Å². The fourth-order valence-electron chi connectivity index (χ4n) is 6.90. The summed E-state index contributed by atoms with van der Waals surface area (Å²) in [7, 11) is 1.08. The number of hydrogen-bond donors (Lipinski definition) is 0. The molecular formula is C48H60HfSi-2. The first-order valence-corrected chi connectivity index (χ1v) is 21.0. The van der Waals surface area contributed by atoms with Crippen LogP contribution in [0.3, 0.4) is 0 Å². The Bertz CT molecular complexity index is 1720. The molecule has 0 N–H and O–H groups in total. The molecule has 0 aliphatic heterocycles. The first-order valence-electron chi connectivity index (χ1n) is 19.0. The van der Waals surface area contributed by atoms with Crippen molar-refractivity contribution in [2.24, 2.45) is 0 Å². The summed E-state index contributed by atoms with van der Waals surface area (Å²) >= 11 is 0. The molecule has 0 saturated heterocycles. The second-order valence-corrected chi connectivity index (χ2v) is 14.8. The third-order valence-corrected chi connectivity index (χ3v) is 10.0. The zero-order valence-electron chi connectivity index (χ0n) is 32.2.